The molecule has 6 nitrogen and oxygen atoms in total. The number of aromatic nitrogens is 2. The van der Waals surface area contributed by atoms with Crippen LogP contribution in [0.5, 0.6) is 0 Å². The summed E-state index contributed by atoms with van der Waals surface area (Å²) in [5.74, 6) is 0.434. The van der Waals surface area contributed by atoms with Crippen molar-refractivity contribution in [3.8, 4) is 0 Å². The van der Waals surface area contributed by atoms with Crippen LogP contribution in [0, 0.1) is 0 Å². The second kappa shape index (κ2) is 8.00. The van der Waals surface area contributed by atoms with E-state index >= 15 is 0 Å². The molecule has 0 spiro atoms. The summed E-state index contributed by atoms with van der Waals surface area (Å²) in [5.41, 5.74) is 2.60. The number of carbonyl (C=O) groups is 1. The van der Waals surface area contributed by atoms with E-state index in [1.165, 1.54) is 0 Å². The Labute approximate surface area is 150 Å². The van der Waals surface area contributed by atoms with E-state index in [4.69, 9.17) is 16.7 Å². The first-order valence-electron chi connectivity index (χ1n) is 7.98. The number of benzene rings is 2. The molecule has 0 aliphatic heterocycles. The third kappa shape index (κ3) is 4.29. The van der Waals surface area contributed by atoms with Gasteiger partial charge >= 0.3 is 0 Å². The Bertz CT molecular complexity index is 878. The number of nitrogens with zero attached hydrogens (tertiary/aromatic N) is 2. The molecular weight excluding hydrogens is 340 g/mol. The molecule has 0 unspecified atom stereocenters. The summed E-state index contributed by atoms with van der Waals surface area (Å²) in [6, 6.07) is 15.0. The molecule has 0 aliphatic rings. The van der Waals surface area contributed by atoms with Gasteiger partial charge < -0.3 is 20.3 Å². The Morgan fingerprint density at radius 3 is 2.84 bits per heavy atom. The number of carbonyl (C=O) groups excluding carboxylic acids is 1. The zero-order valence-corrected chi connectivity index (χ0v) is 14.3. The quantitative estimate of drug-likeness (QED) is 0.606. The number of aliphatic hydroxyl groups excluding tert-OH is 1. The zero-order valence-electron chi connectivity index (χ0n) is 13.6. The van der Waals surface area contributed by atoms with Crippen molar-refractivity contribution in [3.63, 3.8) is 0 Å². The van der Waals surface area contributed by atoms with Gasteiger partial charge in [0.05, 0.1) is 17.6 Å². The second-order valence-corrected chi connectivity index (χ2v) is 6.00. The first kappa shape index (κ1) is 17.3. The van der Waals surface area contributed by atoms with E-state index in [1.807, 2.05) is 42.5 Å². The summed E-state index contributed by atoms with van der Waals surface area (Å²) in [4.78, 5) is 16.8. The fourth-order valence-corrected chi connectivity index (χ4v) is 2.80. The third-order valence-electron chi connectivity index (χ3n) is 3.73. The number of amides is 1. The number of halogens is 1. The Hall–Kier alpha value is -2.57. The lowest BCUT2D eigenvalue weighted by Crippen LogP contribution is -2.27. The van der Waals surface area contributed by atoms with Crippen LogP contribution in [-0.2, 0) is 17.9 Å². The number of imidazole rings is 1. The minimum Gasteiger partial charge on any atom is -0.395 e. The van der Waals surface area contributed by atoms with Crippen molar-refractivity contribution in [1.82, 2.24) is 14.9 Å². The van der Waals surface area contributed by atoms with Crippen LogP contribution in [0.25, 0.3) is 11.0 Å². The molecule has 3 aromatic rings. The van der Waals surface area contributed by atoms with Crippen LogP contribution in [0.3, 0.4) is 0 Å². The van der Waals surface area contributed by atoms with Crippen molar-refractivity contribution in [2.24, 2.45) is 0 Å². The van der Waals surface area contributed by atoms with Gasteiger partial charge in [-0.1, -0.05) is 35.9 Å². The lowest BCUT2D eigenvalue weighted by molar-refractivity contribution is -0.121. The van der Waals surface area contributed by atoms with Gasteiger partial charge in [-0.15, -0.1) is 0 Å². The second-order valence-electron chi connectivity index (χ2n) is 5.57. The van der Waals surface area contributed by atoms with Crippen molar-refractivity contribution in [2.45, 2.75) is 13.1 Å². The molecule has 3 rings (SSSR count). The molecule has 0 bridgehead atoms. The standard InChI is InChI=1S/C18H19ClN4O2/c19-14-5-3-4-13(10-14)11-21-17(25)12-23-16-7-2-1-6-15(16)22-18(23)20-8-9-24/h1-7,10,24H,8-9,11-12H2,(H,20,22)(H,21,25). The number of nitrogens with one attached hydrogen (secondary N) is 2. The molecule has 1 aromatic heterocycles. The maximum absolute atomic E-state index is 12.4. The van der Waals surface area contributed by atoms with E-state index in [1.54, 1.807) is 10.6 Å². The Morgan fingerprint density at radius 1 is 1.20 bits per heavy atom. The minimum absolute atomic E-state index is 0.00975. The number of aliphatic hydroxyl groups is 1. The predicted octanol–water partition coefficient (Wildman–Crippen LogP) is 2.41. The summed E-state index contributed by atoms with van der Waals surface area (Å²) in [6.45, 7) is 0.901. The molecule has 3 N–H and O–H groups in total. The number of anilines is 1. The van der Waals surface area contributed by atoms with Crippen molar-refractivity contribution in [3.05, 3.63) is 59.1 Å². The first-order chi connectivity index (χ1) is 12.2. The van der Waals surface area contributed by atoms with Crippen LogP contribution < -0.4 is 10.6 Å². The number of fused-ring (bicyclic) bond motifs is 1. The molecule has 130 valence electrons. The van der Waals surface area contributed by atoms with E-state index < -0.39 is 0 Å². The molecule has 7 heteroatoms. The molecule has 25 heavy (non-hydrogen) atoms. The van der Waals surface area contributed by atoms with Gasteiger partial charge in [0.15, 0.2) is 0 Å². The lowest BCUT2D eigenvalue weighted by atomic mass is 10.2. The van der Waals surface area contributed by atoms with Gasteiger partial charge in [-0.25, -0.2) is 4.98 Å². The van der Waals surface area contributed by atoms with Gasteiger partial charge in [0.25, 0.3) is 0 Å². The van der Waals surface area contributed by atoms with Crippen LogP contribution in [0.1, 0.15) is 5.56 Å². The lowest BCUT2D eigenvalue weighted by Gasteiger charge is -2.11. The Morgan fingerprint density at radius 2 is 2.04 bits per heavy atom. The van der Waals surface area contributed by atoms with E-state index in [0.717, 1.165) is 16.6 Å². The third-order valence-corrected chi connectivity index (χ3v) is 3.96. The highest BCUT2D eigenvalue weighted by molar-refractivity contribution is 6.30. The van der Waals surface area contributed by atoms with Crippen LogP contribution in [0.4, 0.5) is 5.95 Å². The maximum atomic E-state index is 12.4. The van der Waals surface area contributed by atoms with Crippen LogP contribution in [0.15, 0.2) is 48.5 Å². The van der Waals surface area contributed by atoms with Gasteiger partial charge in [0.1, 0.15) is 6.54 Å². The number of rotatable bonds is 7. The molecule has 0 atom stereocenters. The number of hydrogen-bond acceptors (Lipinski definition) is 4. The molecule has 0 saturated heterocycles. The maximum Gasteiger partial charge on any atom is 0.240 e. The Balaban J connectivity index is 1.73. The summed E-state index contributed by atoms with van der Waals surface area (Å²) in [6.07, 6.45) is 0. The highest BCUT2D eigenvalue weighted by Crippen LogP contribution is 2.19. The van der Waals surface area contributed by atoms with E-state index in [0.29, 0.717) is 24.1 Å². The summed E-state index contributed by atoms with van der Waals surface area (Å²) in [5, 5.41) is 15.6. The van der Waals surface area contributed by atoms with E-state index in [-0.39, 0.29) is 19.1 Å². The molecule has 1 heterocycles. The number of hydrogen-bond donors (Lipinski definition) is 3. The average molecular weight is 359 g/mol. The van der Waals surface area contributed by atoms with Gasteiger partial charge in [0, 0.05) is 18.1 Å². The van der Waals surface area contributed by atoms with E-state index in [9.17, 15) is 4.79 Å². The molecular formula is C18H19ClN4O2. The smallest absolute Gasteiger partial charge is 0.240 e. The molecule has 0 fully saturated rings. The van der Waals surface area contributed by atoms with Crippen molar-refractivity contribution < 1.29 is 9.90 Å². The fraction of sp³-hybridized carbons (Fsp3) is 0.222. The van der Waals surface area contributed by atoms with Crippen molar-refractivity contribution >= 4 is 34.5 Å². The summed E-state index contributed by atoms with van der Waals surface area (Å²) < 4.78 is 1.80. The minimum atomic E-state index is -0.129. The monoisotopic (exact) mass is 358 g/mol. The van der Waals surface area contributed by atoms with Gasteiger partial charge in [-0.3, -0.25) is 4.79 Å². The fourth-order valence-electron chi connectivity index (χ4n) is 2.59. The average Bonchev–Trinajstić information content (AvgIpc) is 2.96. The molecule has 0 radical (unpaired) electrons. The molecule has 2 aromatic carbocycles. The largest absolute Gasteiger partial charge is 0.395 e. The summed E-state index contributed by atoms with van der Waals surface area (Å²) >= 11 is 5.96. The normalized spacial score (nSPS) is 10.8. The van der Waals surface area contributed by atoms with E-state index in [2.05, 4.69) is 15.6 Å². The molecule has 1 amide bonds. The molecule has 0 aliphatic carbocycles. The van der Waals surface area contributed by atoms with Crippen LogP contribution in [-0.4, -0.2) is 33.7 Å². The SMILES string of the molecule is O=C(Cn1c(NCCO)nc2ccccc21)NCc1cccc(Cl)c1. The van der Waals surface area contributed by atoms with Gasteiger partial charge in [-0.2, -0.15) is 0 Å². The predicted molar refractivity (Wildman–Crippen MR) is 98.6 cm³/mol. The highest BCUT2D eigenvalue weighted by atomic mass is 35.5. The molecule has 0 saturated carbocycles. The van der Waals surface area contributed by atoms with Gasteiger partial charge in [0.2, 0.25) is 11.9 Å². The Kier molecular flexibility index (Phi) is 5.53. The summed E-state index contributed by atoms with van der Waals surface area (Å²) in [7, 11) is 0. The highest BCUT2D eigenvalue weighted by Gasteiger charge is 2.13. The topological polar surface area (TPSA) is 79.2 Å². The van der Waals surface area contributed by atoms with Gasteiger partial charge in [-0.05, 0) is 29.8 Å². The number of para-hydroxylation sites is 2. The van der Waals surface area contributed by atoms with Crippen molar-refractivity contribution in [1.29, 1.82) is 0 Å². The first-order valence-corrected chi connectivity index (χ1v) is 8.36. The van der Waals surface area contributed by atoms with Crippen LogP contribution >= 0.6 is 11.6 Å². The van der Waals surface area contributed by atoms with Crippen LogP contribution in [0.2, 0.25) is 5.02 Å². The van der Waals surface area contributed by atoms with Crippen molar-refractivity contribution in [2.75, 3.05) is 18.5 Å². The zero-order chi connectivity index (χ0) is 17.6.